The van der Waals surface area contributed by atoms with Crippen molar-refractivity contribution in [2.45, 2.75) is 44.7 Å². The van der Waals surface area contributed by atoms with Crippen molar-refractivity contribution in [2.75, 3.05) is 22.5 Å². The van der Waals surface area contributed by atoms with Crippen molar-refractivity contribution in [3.8, 4) is 0 Å². The first-order valence-corrected chi connectivity index (χ1v) is 8.50. The van der Waals surface area contributed by atoms with Crippen LogP contribution in [0.15, 0.2) is 30.6 Å². The van der Waals surface area contributed by atoms with E-state index >= 15 is 0 Å². The maximum Gasteiger partial charge on any atom is 0.157 e. The van der Waals surface area contributed by atoms with Gasteiger partial charge in [-0.1, -0.05) is 37.1 Å². The molecule has 0 amide bonds. The Morgan fingerprint density at radius 2 is 1.87 bits per heavy atom. The summed E-state index contributed by atoms with van der Waals surface area (Å²) >= 11 is 0. The third-order valence-corrected chi connectivity index (χ3v) is 4.99. The van der Waals surface area contributed by atoms with E-state index in [1.807, 2.05) is 0 Å². The first-order valence-electron chi connectivity index (χ1n) is 8.50. The molecule has 0 spiro atoms. The zero-order valence-corrected chi connectivity index (χ0v) is 13.3. The summed E-state index contributed by atoms with van der Waals surface area (Å²) in [6.07, 6.45) is 7.65. The van der Waals surface area contributed by atoms with Gasteiger partial charge in [0.25, 0.3) is 0 Å². The van der Waals surface area contributed by atoms with Crippen molar-refractivity contribution in [3.63, 3.8) is 0 Å². The second-order valence-electron chi connectivity index (χ2n) is 6.53. The number of rotatable bonds is 3. The van der Waals surface area contributed by atoms with Gasteiger partial charge in [-0.25, -0.2) is 9.97 Å². The van der Waals surface area contributed by atoms with E-state index in [4.69, 9.17) is 5.73 Å². The van der Waals surface area contributed by atoms with Crippen LogP contribution in [0.3, 0.4) is 0 Å². The maximum absolute atomic E-state index is 6.38. The SMILES string of the molecule is Nc1c(NC2CCCC2)ncnc1N1CCc2ccccc2C1. The van der Waals surface area contributed by atoms with Crippen LogP contribution in [0.1, 0.15) is 36.8 Å². The molecular weight excluding hydrogens is 286 g/mol. The molecule has 0 atom stereocenters. The van der Waals surface area contributed by atoms with E-state index < -0.39 is 0 Å². The minimum atomic E-state index is 0.502. The lowest BCUT2D eigenvalue weighted by molar-refractivity contribution is 0.718. The van der Waals surface area contributed by atoms with Gasteiger partial charge in [0.05, 0.1) is 0 Å². The fourth-order valence-corrected chi connectivity index (χ4v) is 3.69. The molecule has 1 aromatic carbocycles. The summed E-state index contributed by atoms with van der Waals surface area (Å²) in [6.45, 7) is 1.81. The summed E-state index contributed by atoms with van der Waals surface area (Å²) in [5, 5.41) is 3.50. The topological polar surface area (TPSA) is 67.1 Å². The van der Waals surface area contributed by atoms with Crippen LogP contribution >= 0.6 is 0 Å². The number of nitrogens with two attached hydrogens (primary N) is 1. The smallest absolute Gasteiger partial charge is 0.157 e. The molecule has 1 aromatic heterocycles. The summed E-state index contributed by atoms with van der Waals surface area (Å²) in [6, 6.07) is 9.11. The van der Waals surface area contributed by atoms with Crippen molar-refractivity contribution >= 4 is 17.3 Å². The van der Waals surface area contributed by atoms with Crippen LogP contribution in [0.25, 0.3) is 0 Å². The zero-order valence-electron chi connectivity index (χ0n) is 13.3. The van der Waals surface area contributed by atoms with Gasteiger partial charge in [0.1, 0.15) is 12.0 Å². The maximum atomic E-state index is 6.38. The molecule has 1 aliphatic heterocycles. The second-order valence-corrected chi connectivity index (χ2v) is 6.53. The molecule has 120 valence electrons. The standard InChI is InChI=1S/C18H23N5/c19-16-17(22-15-7-3-4-8-15)20-12-21-18(16)23-10-9-13-5-1-2-6-14(13)11-23/h1-2,5-6,12,15H,3-4,7-11,19H2,(H,20,21,22). The van der Waals surface area contributed by atoms with Crippen LogP contribution in [-0.2, 0) is 13.0 Å². The molecule has 3 N–H and O–H groups in total. The van der Waals surface area contributed by atoms with Gasteiger partial charge >= 0.3 is 0 Å². The average molecular weight is 309 g/mol. The number of benzene rings is 1. The normalized spacial score (nSPS) is 18.0. The van der Waals surface area contributed by atoms with Gasteiger partial charge in [-0.15, -0.1) is 0 Å². The molecule has 1 fully saturated rings. The molecule has 0 bridgehead atoms. The Hall–Kier alpha value is -2.30. The van der Waals surface area contributed by atoms with Gasteiger partial charge in [0.2, 0.25) is 0 Å². The molecule has 5 nitrogen and oxygen atoms in total. The van der Waals surface area contributed by atoms with Crippen LogP contribution < -0.4 is 16.0 Å². The monoisotopic (exact) mass is 309 g/mol. The molecule has 0 unspecified atom stereocenters. The number of nitrogens with one attached hydrogen (secondary N) is 1. The highest BCUT2D eigenvalue weighted by molar-refractivity contribution is 5.75. The largest absolute Gasteiger partial charge is 0.393 e. The Bertz CT molecular complexity index is 694. The predicted octanol–water partition coefficient (Wildman–Crippen LogP) is 2.98. The van der Waals surface area contributed by atoms with Crippen molar-refractivity contribution < 1.29 is 0 Å². The number of anilines is 3. The number of hydrogen-bond donors (Lipinski definition) is 2. The quantitative estimate of drug-likeness (QED) is 0.912. The van der Waals surface area contributed by atoms with Crippen LogP contribution in [0.4, 0.5) is 17.3 Å². The first-order chi connectivity index (χ1) is 11.3. The number of hydrogen-bond acceptors (Lipinski definition) is 5. The number of aromatic nitrogens is 2. The minimum Gasteiger partial charge on any atom is -0.393 e. The van der Waals surface area contributed by atoms with Gasteiger partial charge in [-0.2, -0.15) is 0 Å². The molecule has 1 aliphatic carbocycles. The third kappa shape index (κ3) is 2.83. The molecule has 5 heteroatoms. The molecule has 1 saturated carbocycles. The molecule has 4 rings (SSSR count). The fourth-order valence-electron chi connectivity index (χ4n) is 3.69. The minimum absolute atomic E-state index is 0.502. The van der Waals surface area contributed by atoms with E-state index in [1.54, 1.807) is 6.33 Å². The van der Waals surface area contributed by atoms with Crippen molar-refractivity contribution in [1.82, 2.24) is 9.97 Å². The molecule has 2 aromatic rings. The molecule has 2 aliphatic rings. The summed E-state index contributed by atoms with van der Waals surface area (Å²) in [5.74, 6) is 1.65. The van der Waals surface area contributed by atoms with E-state index in [2.05, 4.69) is 44.5 Å². The predicted molar refractivity (Wildman–Crippen MR) is 93.5 cm³/mol. The average Bonchev–Trinajstić information content (AvgIpc) is 3.09. The summed E-state index contributed by atoms with van der Waals surface area (Å²) in [7, 11) is 0. The lowest BCUT2D eigenvalue weighted by Crippen LogP contribution is -2.32. The Kier molecular flexibility index (Phi) is 3.77. The molecule has 2 heterocycles. The Balaban J connectivity index is 1.57. The lowest BCUT2D eigenvalue weighted by atomic mass is 10.00. The highest BCUT2D eigenvalue weighted by Crippen LogP contribution is 2.32. The number of fused-ring (bicyclic) bond motifs is 1. The fraction of sp³-hybridized carbons (Fsp3) is 0.444. The molecule has 23 heavy (non-hydrogen) atoms. The van der Waals surface area contributed by atoms with E-state index in [-0.39, 0.29) is 0 Å². The second kappa shape index (κ2) is 6.07. The van der Waals surface area contributed by atoms with Gasteiger partial charge in [-0.05, 0) is 30.4 Å². The highest BCUT2D eigenvalue weighted by atomic mass is 15.2. The van der Waals surface area contributed by atoms with Crippen molar-refractivity contribution in [3.05, 3.63) is 41.7 Å². The van der Waals surface area contributed by atoms with Crippen molar-refractivity contribution in [2.24, 2.45) is 0 Å². The van der Waals surface area contributed by atoms with Gasteiger partial charge in [0, 0.05) is 19.1 Å². The van der Waals surface area contributed by atoms with Gasteiger partial charge < -0.3 is 16.0 Å². The van der Waals surface area contributed by atoms with Crippen LogP contribution in [-0.4, -0.2) is 22.6 Å². The van der Waals surface area contributed by atoms with E-state index in [1.165, 1.54) is 36.8 Å². The summed E-state index contributed by atoms with van der Waals surface area (Å²) in [4.78, 5) is 11.1. The van der Waals surface area contributed by atoms with E-state index in [9.17, 15) is 0 Å². The Morgan fingerprint density at radius 1 is 1.09 bits per heavy atom. The van der Waals surface area contributed by atoms with E-state index in [0.717, 1.165) is 31.1 Å². The van der Waals surface area contributed by atoms with Gasteiger partial charge in [-0.3, -0.25) is 0 Å². The van der Waals surface area contributed by atoms with Crippen LogP contribution in [0, 0.1) is 0 Å². The zero-order chi connectivity index (χ0) is 15.6. The lowest BCUT2D eigenvalue weighted by Gasteiger charge is -2.31. The molecule has 0 saturated heterocycles. The van der Waals surface area contributed by atoms with Gasteiger partial charge in [0.15, 0.2) is 11.6 Å². The van der Waals surface area contributed by atoms with E-state index in [0.29, 0.717) is 11.7 Å². The number of nitrogen functional groups attached to an aromatic ring is 1. The third-order valence-electron chi connectivity index (χ3n) is 4.99. The Morgan fingerprint density at radius 3 is 2.70 bits per heavy atom. The first kappa shape index (κ1) is 14.3. The molecular formula is C18H23N5. The van der Waals surface area contributed by atoms with Crippen molar-refractivity contribution in [1.29, 1.82) is 0 Å². The Labute approximate surface area is 136 Å². The number of nitrogens with zero attached hydrogens (tertiary/aromatic N) is 3. The molecule has 0 radical (unpaired) electrons. The highest BCUT2D eigenvalue weighted by Gasteiger charge is 2.22. The summed E-state index contributed by atoms with van der Waals surface area (Å²) in [5.41, 5.74) is 9.86. The summed E-state index contributed by atoms with van der Waals surface area (Å²) < 4.78 is 0. The van der Waals surface area contributed by atoms with Crippen LogP contribution in [0.5, 0.6) is 0 Å². The van der Waals surface area contributed by atoms with Crippen LogP contribution in [0.2, 0.25) is 0 Å².